The number of imide groups is 1. The summed E-state index contributed by atoms with van der Waals surface area (Å²) in [5, 5.41) is 0. The smallest absolute Gasteiger partial charge is 0.255 e. The Kier molecular flexibility index (Phi) is 9.41. The van der Waals surface area contributed by atoms with Crippen LogP contribution in [-0.2, 0) is 27.3 Å². The number of nitrogens with zero attached hydrogens (tertiary/aromatic N) is 2. The molecule has 2 aliphatic rings. The molecule has 216 valence electrons. The van der Waals surface area contributed by atoms with Crippen molar-refractivity contribution in [2.75, 3.05) is 13.3 Å². The number of amides is 4. The average molecular weight is 578 g/mol. The Morgan fingerprint density at radius 1 is 1.17 bits per heavy atom. The van der Waals surface area contributed by atoms with Crippen molar-refractivity contribution in [1.29, 1.82) is 0 Å². The fourth-order valence-electron chi connectivity index (χ4n) is 4.93. The second kappa shape index (κ2) is 12.8. The molecule has 1 atom stereocenters. The first-order valence-corrected chi connectivity index (χ1v) is 17.6. The molecular weight excluding hydrogens is 541 g/mol. The molecule has 1 fully saturated rings. The van der Waals surface area contributed by atoms with E-state index < -0.39 is 31.7 Å². The number of likely N-dealkylation sites (tertiary alicyclic amines) is 1. The first kappa shape index (κ1) is 30.2. The first-order valence-electron chi connectivity index (χ1n) is 13.9. The number of carbonyl (C=O) groups excluding carboxylic acids is 4. The lowest BCUT2D eigenvalue weighted by molar-refractivity contribution is -0.158. The molecule has 41 heavy (non-hydrogen) atoms. The Balaban J connectivity index is 1.37. The number of hydrogen-bond acceptors (Lipinski definition) is 5. The number of ether oxygens (including phenoxy) is 1. The van der Waals surface area contributed by atoms with E-state index in [1.54, 1.807) is 18.2 Å². The predicted octanol–water partition coefficient (Wildman–Crippen LogP) is 4.08. The van der Waals surface area contributed by atoms with Crippen LogP contribution in [-0.4, -0.2) is 60.9 Å². The molecular formula is C31H36FN3O5Si. The molecule has 2 aromatic carbocycles. The molecule has 0 saturated carbocycles. The van der Waals surface area contributed by atoms with Gasteiger partial charge in [-0.3, -0.25) is 24.1 Å². The van der Waals surface area contributed by atoms with Gasteiger partial charge in [0.25, 0.3) is 11.8 Å². The minimum absolute atomic E-state index is 0.0937. The van der Waals surface area contributed by atoms with Gasteiger partial charge < -0.3 is 15.4 Å². The summed E-state index contributed by atoms with van der Waals surface area (Å²) < 4.78 is 19.9. The zero-order valence-electron chi connectivity index (χ0n) is 23.8. The molecule has 0 spiro atoms. The topological polar surface area (TPSA) is 110 Å². The quantitative estimate of drug-likeness (QED) is 0.198. The number of halogens is 1. The van der Waals surface area contributed by atoms with Gasteiger partial charge in [0.05, 0.1) is 0 Å². The molecule has 0 aliphatic carbocycles. The highest BCUT2D eigenvalue weighted by Crippen LogP contribution is 2.31. The zero-order valence-corrected chi connectivity index (χ0v) is 24.8. The number of hydrogen-bond donors (Lipinski definition) is 1. The minimum Gasteiger partial charge on any atom is -0.366 e. The molecule has 8 nitrogen and oxygen atoms in total. The number of aryl methyl sites for hydroxylation is 1. The molecule has 0 bridgehead atoms. The van der Waals surface area contributed by atoms with Crippen LogP contribution in [0.1, 0.15) is 63.1 Å². The van der Waals surface area contributed by atoms with Gasteiger partial charge in [-0.2, -0.15) is 0 Å². The lowest BCUT2D eigenvalue weighted by atomic mass is 10.0. The van der Waals surface area contributed by atoms with Gasteiger partial charge in [-0.15, -0.1) is 0 Å². The number of carbonyl (C=O) groups is 4. The van der Waals surface area contributed by atoms with E-state index in [0.29, 0.717) is 42.6 Å². The number of rotatable bonds is 10. The van der Waals surface area contributed by atoms with E-state index in [1.807, 2.05) is 6.07 Å². The zero-order chi connectivity index (χ0) is 29.7. The Hall–Kier alpha value is -3.81. The van der Waals surface area contributed by atoms with Gasteiger partial charge in [0.15, 0.2) is 0 Å². The van der Waals surface area contributed by atoms with Gasteiger partial charge >= 0.3 is 0 Å². The molecule has 2 N–H and O–H groups in total. The fraction of sp³-hybridized carbons (Fsp3) is 0.419. The normalized spacial score (nSPS) is 17.0. The second-order valence-electron chi connectivity index (χ2n) is 11.7. The SMILES string of the molecule is C[Si](C)(C)CCOCN1C(=O)CCC(N2Cc3c(C#CCCCc4ccc(C(N)=O)cc4F)cccc3C2=O)C1=O. The fourth-order valence-corrected chi connectivity index (χ4v) is 5.69. The number of piperidine rings is 1. The Labute approximate surface area is 241 Å². The van der Waals surface area contributed by atoms with Crippen molar-refractivity contribution < 1.29 is 28.3 Å². The maximum absolute atomic E-state index is 14.2. The summed E-state index contributed by atoms with van der Waals surface area (Å²) in [5.74, 6) is 4.18. The third kappa shape index (κ3) is 7.29. The monoisotopic (exact) mass is 577 g/mol. The van der Waals surface area contributed by atoms with Crippen molar-refractivity contribution in [3.63, 3.8) is 0 Å². The lowest BCUT2D eigenvalue weighted by Gasteiger charge is -2.35. The highest BCUT2D eigenvalue weighted by Gasteiger charge is 2.43. The van der Waals surface area contributed by atoms with Crippen LogP contribution in [0.2, 0.25) is 25.7 Å². The molecule has 4 amide bonds. The highest BCUT2D eigenvalue weighted by molar-refractivity contribution is 6.76. The summed E-state index contributed by atoms with van der Waals surface area (Å²) >= 11 is 0. The third-order valence-electron chi connectivity index (χ3n) is 7.38. The lowest BCUT2D eigenvalue weighted by Crippen LogP contribution is -2.55. The maximum atomic E-state index is 14.2. The molecule has 1 unspecified atom stereocenters. The summed E-state index contributed by atoms with van der Waals surface area (Å²) in [7, 11) is -1.31. The van der Waals surface area contributed by atoms with Gasteiger partial charge in [-0.1, -0.05) is 43.6 Å². The van der Waals surface area contributed by atoms with Crippen molar-refractivity contribution in [2.45, 2.75) is 70.4 Å². The van der Waals surface area contributed by atoms with Crippen LogP contribution in [0.3, 0.4) is 0 Å². The summed E-state index contributed by atoms with van der Waals surface area (Å²) in [4.78, 5) is 53.0. The van der Waals surface area contributed by atoms with Crippen LogP contribution in [0, 0.1) is 17.7 Å². The van der Waals surface area contributed by atoms with E-state index in [9.17, 15) is 23.6 Å². The van der Waals surface area contributed by atoms with E-state index in [0.717, 1.165) is 22.6 Å². The molecule has 10 heteroatoms. The summed E-state index contributed by atoms with van der Waals surface area (Å²) in [5.41, 5.74) is 7.80. The number of fused-ring (bicyclic) bond motifs is 1. The Morgan fingerprint density at radius 3 is 2.66 bits per heavy atom. The van der Waals surface area contributed by atoms with Crippen molar-refractivity contribution >= 4 is 31.7 Å². The van der Waals surface area contributed by atoms with Crippen molar-refractivity contribution in [3.8, 4) is 11.8 Å². The van der Waals surface area contributed by atoms with Crippen LogP contribution < -0.4 is 5.73 Å². The summed E-state index contributed by atoms with van der Waals surface area (Å²) in [6, 6.07) is 9.76. The number of unbranched alkanes of at least 4 members (excludes halogenated alkanes) is 1. The molecule has 0 radical (unpaired) electrons. The number of benzene rings is 2. The molecule has 2 aromatic rings. The number of nitrogens with two attached hydrogens (primary N) is 1. The largest absolute Gasteiger partial charge is 0.366 e. The van der Waals surface area contributed by atoms with Gasteiger partial charge in [-0.25, -0.2) is 4.39 Å². The Bertz CT molecular complexity index is 1430. The predicted molar refractivity (Wildman–Crippen MR) is 155 cm³/mol. The van der Waals surface area contributed by atoms with Crippen molar-refractivity contribution in [2.24, 2.45) is 5.73 Å². The van der Waals surface area contributed by atoms with E-state index in [1.165, 1.54) is 11.0 Å². The first-order chi connectivity index (χ1) is 19.5. The molecule has 0 aromatic heterocycles. The number of primary amides is 1. The third-order valence-corrected chi connectivity index (χ3v) is 9.09. The van der Waals surface area contributed by atoms with Crippen LogP contribution in [0.15, 0.2) is 36.4 Å². The standard InChI is InChI=1S/C31H36FN3O5Si/c1-41(2,3)17-16-40-20-35-28(36)15-14-27(31(35)39)34-19-25-21(10-7-11-24(25)30(34)38)8-5-4-6-9-22-12-13-23(29(33)37)18-26(22)32/h7,10-13,18,27H,4,6,9,14-17,19-20H2,1-3H3,(H2,33,37). The van der Waals surface area contributed by atoms with Crippen LogP contribution >= 0.6 is 0 Å². The molecule has 1 saturated heterocycles. The van der Waals surface area contributed by atoms with E-state index >= 15 is 0 Å². The van der Waals surface area contributed by atoms with Crippen LogP contribution in [0.25, 0.3) is 0 Å². The van der Waals surface area contributed by atoms with Crippen LogP contribution in [0.4, 0.5) is 4.39 Å². The summed E-state index contributed by atoms with van der Waals surface area (Å²) in [6.45, 7) is 7.33. The summed E-state index contributed by atoms with van der Waals surface area (Å²) in [6.07, 6.45) is 2.03. The van der Waals surface area contributed by atoms with Crippen molar-refractivity contribution in [1.82, 2.24) is 9.80 Å². The Morgan fingerprint density at radius 2 is 1.95 bits per heavy atom. The highest BCUT2D eigenvalue weighted by atomic mass is 28.3. The average Bonchev–Trinajstić information content (AvgIpc) is 3.24. The van der Waals surface area contributed by atoms with Gasteiger partial charge in [-0.05, 0) is 60.7 Å². The minimum atomic E-state index is -1.31. The van der Waals surface area contributed by atoms with Gasteiger partial charge in [0.1, 0.15) is 18.6 Å². The van der Waals surface area contributed by atoms with Crippen LogP contribution in [0.5, 0.6) is 0 Å². The van der Waals surface area contributed by atoms with E-state index in [-0.39, 0.29) is 43.5 Å². The molecule has 2 aliphatic heterocycles. The van der Waals surface area contributed by atoms with Gasteiger partial charge in [0, 0.05) is 50.8 Å². The molecule has 4 rings (SSSR count). The maximum Gasteiger partial charge on any atom is 0.255 e. The van der Waals surface area contributed by atoms with Crippen molar-refractivity contribution in [3.05, 3.63) is 70.0 Å². The second-order valence-corrected chi connectivity index (χ2v) is 17.3. The molecule has 2 heterocycles. The van der Waals surface area contributed by atoms with E-state index in [4.69, 9.17) is 10.5 Å². The van der Waals surface area contributed by atoms with Gasteiger partial charge in [0.2, 0.25) is 11.8 Å². The van der Waals surface area contributed by atoms with E-state index in [2.05, 4.69) is 31.5 Å².